The second-order valence-corrected chi connectivity index (χ2v) is 6.49. The zero-order chi connectivity index (χ0) is 15.6. The van der Waals surface area contributed by atoms with Crippen molar-refractivity contribution in [2.24, 2.45) is 5.92 Å². The standard InChI is InChI=1S/C15H25N3O3/c1-5-17-9-7-16-13(17)12(19)11-6-8-18(10-11)14(20)21-15(2,3)4/h7,9,11-12,19H,5-6,8,10H2,1-4H3. The number of imidazole rings is 1. The molecule has 21 heavy (non-hydrogen) atoms. The van der Waals surface area contributed by atoms with Gasteiger partial charge >= 0.3 is 6.09 Å². The maximum absolute atomic E-state index is 12.0. The number of aliphatic hydroxyl groups is 1. The van der Waals surface area contributed by atoms with Crippen LogP contribution in [-0.2, 0) is 11.3 Å². The van der Waals surface area contributed by atoms with E-state index in [-0.39, 0.29) is 12.0 Å². The number of nitrogens with zero attached hydrogens (tertiary/aromatic N) is 3. The number of carbonyl (C=O) groups is 1. The molecule has 0 saturated carbocycles. The topological polar surface area (TPSA) is 67.6 Å². The van der Waals surface area contributed by atoms with Crippen molar-refractivity contribution in [3.05, 3.63) is 18.2 Å². The highest BCUT2D eigenvalue weighted by molar-refractivity contribution is 5.68. The molecule has 0 radical (unpaired) electrons. The van der Waals surface area contributed by atoms with E-state index in [1.165, 1.54) is 0 Å². The van der Waals surface area contributed by atoms with Gasteiger partial charge in [-0.2, -0.15) is 0 Å². The molecule has 1 fully saturated rings. The number of aliphatic hydroxyl groups excluding tert-OH is 1. The van der Waals surface area contributed by atoms with Gasteiger partial charge in [0, 0.05) is 37.9 Å². The Morgan fingerprint density at radius 2 is 2.29 bits per heavy atom. The summed E-state index contributed by atoms with van der Waals surface area (Å²) in [6.45, 7) is 9.46. The predicted octanol–water partition coefficient (Wildman–Crippen LogP) is 2.19. The third-order valence-corrected chi connectivity index (χ3v) is 3.68. The summed E-state index contributed by atoms with van der Waals surface area (Å²) in [6, 6.07) is 0. The molecule has 1 aliphatic rings. The van der Waals surface area contributed by atoms with E-state index in [2.05, 4.69) is 4.98 Å². The van der Waals surface area contributed by atoms with Crippen LogP contribution in [0.3, 0.4) is 0 Å². The van der Waals surface area contributed by atoms with Crippen molar-refractivity contribution in [3.63, 3.8) is 0 Å². The molecule has 1 aromatic heterocycles. The molecule has 0 bridgehead atoms. The van der Waals surface area contributed by atoms with Crippen LogP contribution in [0, 0.1) is 5.92 Å². The molecular formula is C15H25N3O3. The number of aromatic nitrogens is 2. The molecule has 0 spiro atoms. The molecule has 2 rings (SSSR count). The zero-order valence-corrected chi connectivity index (χ0v) is 13.2. The Morgan fingerprint density at radius 1 is 1.57 bits per heavy atom. The number of rotatable bonds is 3. The number of hydrogen-bond donors (Lipinski definition) is 1. The molecule has 1 N–H and O–H groups in total. The van der Waals surface area contributed by atoms with E-state index in [9.17, 15) is 9.90 Å². The molecule has 118 valence electrons. The minimum atomic E-state index is -0.646. The van der Waals surface area contributed by atoms with Gasteiger partial charge in [0.1, 0.15) is 17.5 Å². The molecule has 2 heterocycles. The van der Waals surface area contributed by atoms with Crippen LogP contribution in [0.2, 0.25) is 0 Å². The highest BCUT2D eigenvalue weighted by atomic mass is 16.6. The zero-order valence-electron chi connectivity index (χ0n) is 13.2. The van der Waals surface area contributed by atoms with E-state index in [0.717, 1.165) is 13.0 Å². The smallest absolute Gasteiger partial charge is 0.410 e. The lowest BCUT2D eigenvalue weighted by molar-refractivity contribution is 0.0264. The largest absolute Gasteiger partial charge is 0.444 e. The molecule has 6 heteroatoms. The van der Waals surface area contributed by atoms with Crippen LogP contribution in [0.4, 0.5) is 4.79 Å². The van der Waals surface area contributed by atoms with Crippen molar-refractivity contribution >= 4 is 6.09 Å². The summed E-state index contributed by atoms with van der Waals surface area (Å²) >= 11 is 0. The Bertz CT molecular complexity index is 493. The molecular weight excluding hydrogens is 270 g/mol. The molecule has 6 nitrogen and oxygen atoms in total. The fourth-order valence-electron chi connectivity index (χ4n) is 2.60. The van der Waals surface area contributed by atoms with Gasteiger partial charge in [-0.1, -0.05) is 0 Å². The highest BCUT2D eigenvalue weighted by Crippen LogP contribution is 2.30. The predicted molar refractivity (Wildman–Crippen MR) is 78.8 cm³/mol. The van der Waals surface area contributed by atoms with Crippen molar-refractivity contribution in [3.8, 4) is 0 Å². The Morgan fingerprint density at radius 3 is 2.90 bits per heavy atom. The first kappa shape index (κ1) is 15.8. The summed E-state index contributed by atoms with van der Waals surface area (Å²) in [4.78, 5) is 17.9. The van der Waals surface area contributed by atoms with Gasteiger partial charge in [-0.3, -0.25) is 0 Å². The average Bonchev–Trinajstić information content (AvgIpc) is 3.05. The minimum Gasteiger partial charge on any atom is -0.444 e. The summed E-state index contributed by atoms with van der Waals surface area (Å²) < 4.78 is 7.30. The SMILES string of the molecule is CCn1ccnc1C(O)C1CCN(C(=O)OC(C)(C)C)C1. The summed E-state index contributed by atoms with van der Waals surface area (Å²) in [5, 5.41) is 10.5. The summed E-state index contributed by atoms with van der Waals surface area (Å²) in [7, 11) is 0. The van der Waals surface area contributed by atoms with Gasteiger partial charge < -0.3 is 19.3 Å². The fourth-order valence-corrected chi connectivity index (χ4v) is 2.60. The van der Waals surface area contributed by atoms with Gasteiger partial charge in [-0.05, 0) is 34.1 Å². The van der Waals surface area contributed by atoms with E-state index < -0.39 is 11.7 Å². The lowest BCUT2D eigenvalue weighted by atomic mass is 10.0. The van der Waals surface area contributed by atoms with Gasteiger partial charge in [0.25, 0.3) is 0 Å². The van der Waals surface area contributed by atoms with Gasteiger partial charge in [-0.15, -0.1) is 0 Å². The highest BCUT2D eigenvalue weighted by Gasteiger charge is 2.35. The average molecular weight is 295 g/mol. The fraction of sp³-hybridized carbons (Fsp3) is 0.733. The van der Waals surface area contributed by atoms with E-state index in [4.69, 9.17) is 4.74 Å². The van der Waals surface area contributed by atoms with Crippen molar-refractivity contribution in [2.75, 3.05) is 13.1 Å². The second kappa shape index (κ2) is 6.05. The first-order valence-electron chi connectivity index (χ1n) is 7.49. The minimum absolute atomic E-state index is 0.00483. The first-order valence-corrected chi connectivity index (χ1v) is 7.49. The summed E-state index contributed by atoms with van der Waals surface area (Å²) in [5.41, 5.74) is -0.494. The molecule has 0 aliphatic carbocycles. The molecule has 1 aliphatic heterocycles. The maximum atomic E-state index is 12.0. The van der Waals surface area contributed by atoms with Gasteiger partial charge in [0.2, 0.25) is 0 Å². The number of aryl methyl sites for hydroxylation is 1. The van der Waals surface area contributed by atoms with E-state index >= 15 is 0 Å². The number of amides is 1. The van der Waals surface area contributed by atoms with Crippen LogP contribution >= 0.6 is 0 Å². The van der Waals surface area contributed by atoms with Crippen molar-refractivity contribution < 1.29 is 14.6 Å². The van der Waals surface area contributed by atoms with Crippen molar-refractivity contribution in [1.29, 1.82) is 0 Å². The quantitative estimate of drug-likeness (QED) is 0.928. The molecule has 1 saturated heterocycles. The number of likely N-dealkylation sites (tertiary alicyclic amines) is 1. The molecule has 2 atom stereocenters. The third-order valence-electron chi connectivity index (χ3n) is 3.68. The Balaban J connectivity index is 1.97. The van der Waals surface area contributed by atoms with Crippen molar-refractivity contribution in [1.82, 2.24) is 14.5 Å². The molecule has 0 aromatic carbocycles. The second-order valence-electron chi connectivity index (χ2n) is 6.49. The Labute approximate surface area is 125 Å². The third kappa shape index (κ3) is 3.75. The van der Waals surface area contributed by atoms with E-state index in [1.54, 1.807) is 11.1 Å². The van der Waals surface area contributed by atoms with Crippen LogP contribution in [0.1, 0.15) is 46.0 Å². The Kier molecular flexibility index (Phi) is 4.56. The van der Waals surface area contributed by atoms with Gasteiger partial charge in [0.05, 0.1) is 0 Å². The lowest BCUT2D eigenvalue weighted by Gasteiger charge is -2.25. The number of carbonyl (C=O) groups excluding carboxylic acids is 1. The molecule has 2 unspecified atom stereocenters. The van der Waals surface area contributed by atoms with Gasteiger partial charge in [-0.25, -0.2) is 9.78 Å². The maximum Gasteiger partial charge on any atom is 0.410 e. The van der Waals surface area contributed by atoms with Gasteiger partial charge in [0.15, 0.2) is 0 Å². The van der Waals surface area contributed by atoms with Crippen LogP contribution in [0.15, 0.2) is 12.4 Å². The van der Waals surface area contributed by atoms with E-state index in [1.807, 2.05) is 38.5 Å². The first-order chi connectivity index (χ1) is 9.81. The lowest BCUT2D eigenvalue weighted by Crippen LogP contribution is -2.35. The monoisotopic (exact) mass is 295 g/mol. The van der Waals surface area contributed by atoms with Crippen molar-refractivity contribution in [2.45, 2.75) is 52.4 Å². The molecule has 1 aromatic rings. The van der Waals surface area contributed by atoms with Crippen LogP contribution < -0.4 is 0 Å². The molecule has 1 amide bonds. The summed E-state index contributed by atoms with van der Waals surface area (Å²) in [6.07, 6.45) is 3.36. The summed E-state index contributed by atoms with van der Waals surface area (Å²) in [5.74, 6) is 0.679. The van der Waals surface area contributed by atoms with Crippen LogP contribution in [0.5, 0.6) is 0 Å². The normalized spacial score (nSPS) is 20.6. The van der Waals surface area contributed by atoms with E-state index in [0.29, 0.717) is 18.9 Å². The number of hydrogen-bond acceptors (Lipinski definition) is 4. The number of ether oxygens (including phenoxy) is 1. The van der Waals surface area contributed by atoms with Crippen LogP contribution in [0.25, 0.3) is 0 Å². The van der Waals surface area contributed by atoms with Crippen LogP contribution in [-0.4, -0.2) is 44.3 Å². The Hall–Kier alpha value is -1.56.